The molecule has 0 saturated heterocycles. The van der Waals surface area contributed by atoms with E-state index in [-0.39, 0.29) is 0 Å². The minimum atomic E-state index is 0.483. The Morgan fingerprint density at radius 3 is 2.86 bits per heavy atom. The summed E-state index contributed by atoms with van der Waals surface area (Å²) in [5, 5.41) is 7.83. The van der Waals surface area contributed by atoms with E-state index >= 15 is 0 Å². The molecule has 1 heterocycles. The van der Waals surface area contributed by atoms with Gasteiger partial charge in [-0.15, -0.1) is 0 Å². The number of rotatable bonds is 5. The number of hydrogen-bond donors (Lipinski definition) is 1. The second-order valence-electron chi connectivity index (χ2n) is 4.39. The molecule has 1 aliphatic carbocycles. The predicted octanol–water partition coefficient (Wildman–Crippen LogP) is 1.83. The lowest BCUT2D eigenvalue weighted by Crippen LogP contribution is -2.28. The van der Waals surface area contributed by atoms with Crippen LogP contribution in [0, 0.1) is 5.92 Å². The van der Waals surface area contributed by atoms with Crippen LogP contribution in [0.3, 0.4) is 0 Å². The Bertz CT molecular complexity index is 264. The average molecular weight is 193 g/mol. The minimum absolute atomic E-state index is 0.483. The Balaban J connectivity index is 1.80. The summed E-state index contributed by atoms with van der Waals surface area (Å²) in [4.78, 5) is 0. The first-order chi connectivity index (χ1) is 6.77. The van der Waals surface area contributed by atoms with Gasteiger partial charge in [-0.3, -0.25) is 4.68 Å². The normalized spacial score (nSPS) is 20.7. The zero-order chi connectivity index (χ0) is 9.97. The van der Waals surface area contributed by atoms with Gasteiger partial charge in [0.05, 0.1) is 6.04 Å². The van der Waals surface area contributed by atoms with Crippen molar-refractivity contribution >= 4 is 0 Å². The van der Waals surface area contributed by atoms with Gasteiger partial charge in [-0.05, 0) is 38.3 Å². The Hall–Kier alpha value is -0.830. The molecule has 14 heavy (non-hydrogen) atoms. The molecule has 0 radical (unpaired) electrons. The second kappa shape index (κ2) is 4.13. The van der Waals surface area contributed by atoms with E-state index < -0.39 is 0 Å². The quantitative estimate of drug-likeness (QED) is 0.773. The van der Waals surface area contributed by atoms with Crippen LogP contribution in [0.25, 0.3) is 0 Å². The van der Waals surface area contributed by atoms with Crippen molar-refractivity contribution in [2.45, 2.75) is 38.8 Å². The summed E-state index contributed by atoms with van der Waals surface area (Å²) >= 11 is 0. The zero-order valence-electron chi connectivity index (χ0n) is 8.98. The molecule has 0 aliphatic heterocycles. The maximum atomic E-state index is 4.27. The van der Waals surface area contributed by atoms with Crippen molar-refractivity contribution in [2.75, 3.05) is 6.54 Å². The van der Waals surface area contributed by atoms with Gasteiger partial charge in [0.15, 0.2) is 0 Å². The first kappa shape index (κ1) is 9.71. The topological polar surface area (TPSA) is 29.9 Å². The van der Waals surface area contributed by atoms with E-state index in [9.17, 15) is 0 Å². The van der Waals surface area contributed by atoms with Gasteiger partial charge in [-0.25, -0.2) is 0 Å². The molecule has 2 unspecified atom stereocenters. The fourth-order valence-corrected chi connectivity index (χ4v) is 1.59. The Kier molecular flexibility index (Phi) is 2.87. The number of nitrogens with one attached hydrogen (secondary N) is 1. The van der Waals surface area contributed by atoms with E-state index in [1.54, 1.807) is 0 Å². The summed E-state index contributed by atoms with van der Waals surface area (Å²) in [5.74, 6) is 0.635. The smallest absolute Gasteiger partial charge is 0.0528 e. The Labute approximate surface area is 85.5 Å². The number of nitrogens with zero attached hydrogens (tertiary/aromatic N) is 2. The van der Waals surface area contributed by atoms with Gasteiger partial charge in [-0.1, -0.05) is 6.92 Å². The first-order valence-corrected chi connectivity index (χ1v) is 5.50. The fraction of sp³-hybridized carbons (Fsp3) is 0.727. The van der Waals surface area contributed by atoms with E-state index in [0.717, 1.165) is 12.6 Å². The highest BCUT2D eigenvalue weighted by atomic mass is 15.3. The summed E-state index contributed by atoms with van der Waals surface area (Å²) < 4.78 is 2.04. The van der Waals surface area contributed by atoms with E-state index in [1.165, 1.54) is 12.8 Å². The standard InChI is InChI=1S/C11H19N3/c1-9(8-12-11-4-5-11)10(2)14-7-3-6-13-14/h3,6-7,9-12H,4-5,8H2,1-2H3. The van der Waals surface area contributed by atoms with Crippen LogP contribution in [-0.2, 0) is 0 Å². The van der Waals surface area contributed by atoms with Crippen molar-refractivity contribution in [3.8, 4) is 0 Å². The van der Waals surface area contributed by atoms with Gasteiger partial charge in [-0.2, -0.15) is 5.10 Å². The van der Waals surface area contributed by atoms with Crippen LogP contribution in [0.4, 0.5) is 0 Å². The van der Waals surface area contributed by atoms with Gasteiger partial charge in [0.1, 0.15) is 0 Å². The molecule has 1 saturated carbocycles. The van der Waals surface area contributed by atoms with Gasteiger partial charge < -0.3 is 5.32 Å². The molecule has 0 amide bonds. The summed E-state index contributed by atoms with van der Waals surface area (Å²) in [6.07, 6.45) is 6.61. The molecule has 0 aromatic carbocycles. The van der Waals surface area contributed by atoms with Gasteiger partial charge in [0.25, 0.3) is 0 Å². The SMILES string of the molecule is CC(CNC1CC1)C(C)n1cccn1. The Morgan fingerprint density at radius 2 is 2.29 bits per heavy atom. The molecule has 0 spiro atoms. The average Bonchev–Trinajstić information content (AvgIpc) is 2.86. The monoisotopic (exact) mass is 193 g/mol. The van der Waals surface area contributed by atoms with Gasteiger partial charge in [0, 0.05) is 18.4 Å². The van der Waals surface area contributed by atoms with Crippen LogP contribution in [0.1, 0.15) is 32.7 Å². The lowest BCUT2D eigenvalue weighted by Gasteiger charge is -2.20. The largest absolute Gasteiger partial charge is 0.314 e. The van der Waals surface area contributed by atoms with Gasteiger partial charge in [0.2, 0.25) is 0 Å². The van der Waals surface area contributed by atoms with Crippen molar-refractivity contribution in [2.24, 2.45) is 5.92 Å². The van der Waals surface area contributed by atoms with Crippen LogP contribution in [-0.4, -0.2) is 22.4 Å². The lowest BCUT2D eigenvalue weighted by molar-refractivity contribution is 0.336. The van der Waals surface area contributed by atoms with Crippen molar-refractivity contribution in [1.29, 1.82) is 0 Å². The van der Waals surface area contributed by atoms with Crippen molar-refractivity contribution in [1.82, 2.24) is 15.1 Å². The zero-order valence-corrected chi connectivity index (χ0v) is 8.98. The fourth-order valence-electron chi connectivity index (χ4n) is 1.59. The molecule has 78 valence electrons. The lowest BCUT2D eigenvalue weighted by atomic mass is 10.0. The number of hydrogen-bond acceptors (Lipinski definition) is 2. The molecule has 1 aromatic heterocycles. The third-order valence-electron chi connectivity index (χ3n) is 3.07. The highest BCUT2D eigenvalue weighted by molar-refractivity contribution is 4.85. The van der Waals surface area contributed by atoms with Gasteiger partial charge >= 0.3 is 0 Å². The minimum Gasteiger partial charge on any atom is -0.314 e. The molecule has 1 fully saturated rings. The van der Waals surface area contributed by atoms with Crippen LogP contribution >= 0.6 is 0 Å². The van der Waals surface area contributed by atoms with Crippen LogP contribution in [0.15, 0.2) is 18.5 Å². The predicted molar refractivity (Wildman–Crippen MR) is 57.1 cm³/mol. The Morgan fingerprint density at radius 1 is 1.50 bits per heavy atom. The van der Waals surface area contributed by atoms with E-state index in [1.807, 2.05) is 23.1 Å². The third-order valence-corrected chi connectivity index (χ3v) is 3.07. The van der Waals surface area contributed by atoms with Crippen LogP contribution in [0.2, 0.25) is 0 Å². The molecule has 1 aromatic rings. The van der Waals surface area contributed by atoms with Crippen molar-refractivity contribution in [3.63, 3.8) is 0 Å². The van der Waals surface area contributed by atoms with E-state index in [4.69, 9.17) is 0 Å². The summed E-state index contributed by atoms with van der Waals surface area (Å²) in [7, 11) is 0. The summed E-state index contributed by atoms with van der Waals surface area (Å²) in [6.45, 7) is 5.61. The molecule has 3 heteroatoms. The molecule has 1 N–H and O–H groups in total. The van der Waals surface area contributed by atoms with E-state index in [2.05, 4.69) is 24.3 Å². The number of aromatic nitrogens is 2. The van der Waals surface area contributed by atoms with Crippen LogP contribution in [0.5, 0.6) is 0 Å². The maximum absolute atomic E-state index is 4.27. The summed E-state index contributed by atoms with van der Waals surface area (Å²) in [5.41, 5.74) is 0. The highest BCUT2D eigenvalue weighted by Gasteiger charge is 2.22. The molecule has 2 atom stereocenters. The molecular formula is C11H19N3. The van der Waals surface area contributed by atoms with Crippen molar-refractivity contribution < 1.29 is 0 Å². The molecular weight excluding hydrogens is 174 g/mol. The molecule has 3 nitrogen and oxygen atoms in total. The second-order valence-corrected chi connectivity index (χ2v) is 4.39. The van der Waals surface area contributed by atoms with E-state index in [0.29, 0.717) is 12.0 Å². The molecule has 0 bridgehead atoms. The van der Waals surface area contributed by atoms with Crippen molar-refractivity contribution in [3.05, 3.63) is 18.5 Å². The van der Waals surface area contributed by atoms with Crippen LogP contribution < -0.4 is 5.32 Å². The summed E-state index contributed by atoms with van der Waals surface area (Å²) in [6, 6.07) is 3.27. The molecule has 2 rings (SSSR count). The first-order valence-electron chi connectivity index (χ1n) is 5.50. The third kappa shape index (κ3) is 2.35. The highest BCUT2D eigenvalue weighted by Crippen LogP contribution is 2.21. The maximum Gasteiger partial charge on any atom is 0.0528 e. The molecule has 1 aliphatic rings.